The molecule has 1 aliphatic rings. The van der Waals surface area contributed by atoms with E-state index < -0.39 is 0 Å². The van der Waals surface area contributed by atoms with Gasteiger partial charge in [0, 0.05) is 63.8 Å². The molecule has 46 heavy (non-hydrogen) atoms. The van der Waals surface area contributed by atoms with Gasteiger partial charge in [0.1, 0.15) is 23.4 Å². The number of carbonyl (C=O) groups excluding carboxylic acids is 2. The van der Waals surface area contributed by atoms with E-state index in [9.17, 15) is 9.59 Å². The number of nitrogens with zero attached hydrogens (tertiary/aromatic N) is 9. The Kier molecular flexibility index (Phi) is 9.14. The van der Waals surface area contributed by atoms with Crippen molar-refractivity contribution in [3.63, 3.8) is 0 Å². The molecule has 5 aromatic rings. The first kappa shape index (κ1) is 30.6. The second kappa shape index (κ2) is 13.7. The molecule has 0 saturated carbocycles. The van der Waals surface area contributed by atoms with Gasteiger partial charge in [0.05, 0.1) is 24.0 Å². The summed E-state index contributed by atoms with van der Waals surface area (Å²) in [4.78, 5) is 50.5. The highest BCUT2D eigenvalue weighted by Crippen LogP contribution is 2.32. The molecule has 1 saturated heterocycles. The molecule has 16 heteroatoms. The summed E-state index contributed by atoms with van der Waals surface area (Å²) < 4.78 is 12.5. The summed E-state index contributed by atoms with van der Waals surface area (Å²) in [6.45, 7) is 6.43. The van der Waals surface area contributed by atoms with E-state index in [0.29, 0.717) is 110 Å². The number of benzene rings is 1. The minimum Gasteiger partial charge on any atom is -0.424 e. The van der Waals surface area contributed by atoms with E-state index in [-0.39, 0.29) is 17.8 Å². The first-order valence-corrected chi connectivity index (χ1v) is 15.3. The fourth-order valence-electron chi connectivity index (χ4n) is 5.39. The minimum atomic E-state index is -0.243. The Bertz CT molecular complexity index is 1830. The summed E-state index contributed by atoms with van der Waals surface area (Å²) in [7, 11) is 0. The Morgan fingerprint density at radius 1 is 1.04 bits per heavy atom. The van der Waals surface area contributed by atoms with Crippen molar-refractivity contribution in [1.29, 1.82) is 0 Å². The number of oxazole rings is 1. The van der Waals surface area contributed by atoms with Gasteiger partial charge >= 0.3 is 0 Å². The SMILES string of the molecule is CCOCCC(=O)N1CCN(c2ncc(C(=O)NCCCCn3nc(-c4ccc5oc(N)nc5c4)c4c(N)ncnc43)cn2)CC1. The van der Waals surface area contributed by atoms with Crippen LogP contribution in [0.15, 0.2) is 41.3 Å². The maximum absolute atomic E-state index is 12.7. The van der Waals surface area contributed by atoms with Gasteiger partial charge in [-0.05, 0) is 38.0 Å². The van der Waals surface area contributed by atoms with Crippen LogP contribution < -0.4 is 21.7 Å². The molecule has 0 radical (unpaired) electrons. The van der Waals surface area contributed by atoms with Gasteiger partial charge in [-0.15, -0.1) is 0 Å². The number of rotatable bonds is 12. The number of aromatic nitrogens is 7. The smallest absolute Gasteiger partial charge is 0.292 e. The Labute approximate surface area is 264 Å². The van der Waals surface area contributed by atoms with Crippen molar-refractivity contribution in [1.82, 2.24) is 44.9 Å². The molecule has 0 spiro atoms. The van der Waals surface area contributed by atoms with E-state index in [1.165, 1.54) is 18.7 Å². The standard InChI is InChI=1S/C30H36N12O4/c1-2-45-14-7-23(43)40-10-12-41(13-11-40)30-34-16-20(17-35-30)28(44)33-8-3-4-9-42-27-24(26(31)36-18-37-27)25(39-42)19-5-6-22-21(15-19)38-29(32)46-22/h5-6,15-18H,2-4,7-14H2,1H3,(H2,32,38)(H,33,44)(H2,31,36,37). The normalized spacial score (nSPS) is 13.5. The highest BCUT2D eigenvalue weighted by Gasteiger charge is 2.23. The summed E-state index contributed by atoms with van der Waals surface area (Å²) >= 11 is 0. The Morgan fingerprint density at radius 2 is 1.85 bits per heavy atom. The third-order valence-electron chi connectivity index (χ3n) is 7.80. The average Bonchev–Trinajstić information content (AvgIpc) is 3.64. The summed E-state index contributed by atoms with van der Waals surface area (Å²) in [5.74, 6) is 0.720. The maximum Gasteiger partial charge on any atom is 0.292 e. The molecule has 0 bridgehead atoms. The van der Waals surface area contributed by atoms with E-state index in [2.05, 4.69) is 30.2 Å². The largest absolute Gasteiger partial charge is 0.424 e. The quantitative estimate of drug-likeness (QED) is 0.169. The number of nitrogens with one attached hydrogen (secondary N) is 1. The number of fused-ring (bicyclic) bond motifs is 2. The lowest BCUT2D eigenvalue weighted by Crippen LogP contribution is -2.49. The molecule has 16 nitrogen and oxygen atoms in total. The third kappa shape index (κ3) is 6.66. The molecule has 5 N–H and O–H groups in total. The van der Waals surface area contributed by atoms with Gasteiger partial charge in [0.2, 0.25) is 11.9 Å². The number of amides is 2. The number of piperazine rings is 1. The minimum absolute atomic E-state index is 0.0927. The molecule has 2 amide bonds. The number of nitrogens with two attached hydrogens (primary N) is 2. The van der Waals surface area contributed by atoms with Gasteiger partial charge in [-0.1, -0.05) is 0 Å². The van der Waals surface area contributed by atoms with E-state index in [1.807, 2.05) is 28.9 Å². The van der Waals surface area contributed by atoms with Crippen LogP contribution in [0, 0.1) is 0 Å². The molecule has 0 atom stereocenters. The van der Waals surface area contributed by atoms with Crippen LogP contribution >= 0.6 is 0 Å². The molecule has 240 valence electrons. The first-order valence-electron chi connectivity index (χ1n) is 15.3. The lowest BCUT2D eigenvalue weighted by molar-refractivity contribution is -0.132. The van der Waals surface area contributed by atoms with Gasteiger partial charge in [-0.25, -0.2) is 24.6 Å². The Hall–Kier alpha value is -5.38. The van der Waals surface area contributed by atoms with Crippen molar-refractivity contribution in [3.05, 3.63) is 42.5 Å². The molecule has 5 heterocycles. The number of hydrogen-bond donors (Lipinski definition) is 3. The summed E-state index contributed by atoms with van der Waals surface area (Å²) in [5.41, 5.74) is 15.6. The maximum atomic E-state index is 12.7. The van der Waals surface area contributed by atoms with E-state index in [4.69, 9.17) is 25.7 Å². The first-order chi connectivity index (χ1) is 22.4. The van der Waals surface area contributed by atoms with Gasteiger partial charge in [0.25, 0.3) is 11.9 Å². The van der Waals surface area contributed by atoms with Crippen LogP contribution in [0.5, 0.6) is 0 Å². The van der Waals surface area contributed by atoms with Crippen molar-refractivity contribution in [2.24, 2.45) is 0 Å². The summed E-state index contributed by atoms with van der Waals surface area (Å²) in [6, 6.07) is 5.59. The number of aryl methyl sites for hydroxylation is 1. The molecule has 6 rings (SSSR count). The number of nitrogen functional groups attached to an aromatic ring is 2. The lowest BCUT2D eigenvalue weighted by Gasteiger charge is -2.34. The zero-order valence-corrected chi connectivity index (χ0v) is 25.6. The van der Waals surface area contributed by atoms with E-state index in [1.54, 1.807) is 10.7 Å². The molecular weight excluding hydrogens is 592 g/mol. The van der Waals surface area contributed by atoms with Gasteiger partial charge < -0.3 is 35.7 Å². The molecule has 1 aromatic carbocycles. The van der Waals surface area contributed by atoms with Crippen molar-refractivity contribution >= 4 is 51.7 Å². The van der Waals surface area contributed by atoms with Gasteiger partial charge in [0.15, 0.2) is 11.2 Å². The Morgan fingerprint density at radius 3 is 2.63 bits per heavy atom. The van der Waals surface area contributed by atoms with E-state index >= 15 is 0 Å². The van der Waals surface area contributed by atoms with Crippen molar-refractivity contribution in [3.8, 4) is 11.3 Å². The fourth-order valence-corrected chi connectivity index (χ4v) is 5.39. The zero-order chi connectivity index (χ0) is 32.0. The van der Waals surface area contributed by atoms with Crippen molar-refractivity contribution in [2.45, 2.75) is 32.7 Å². The second-order valence-electron chi connectivity index (χ2n) is 10.8. The average molecular weight is 629 g/mol. The summed E-state index contributed by atoms with van der Waals surface area (Å²) in [5, 5.41) is 8.39. The Balaban J connectivity index is 0.993. The van der Waals surface area contributed by atoms with Crippen LogP contribution in [0.2, 0.25) is 0 Å². The number of unbranched alkanes of at least 4 members (excludes halogenated alkanes) is 1. The van der Waals surface area contributed by atoms with Crippen molar-refractivity contribution < 1.29 is 18.7 Å². The van der Waals surface area contributed by atoms with Crippen LogP contribution in [-0.2, 0) is 16.1 Å². The zero-order valence-electron chi connectivity index (χ0n) is 25.6. The molecule has 0 unspecified atom stereocenters. The van der Waals surface area contributed by atoms with E-state index in [0.717, 1.165) is 12.0 Å². The van der Waals surface area contributed by atoms with Crippen molar-refractivity contribution in [2.75, 3.05) is 62.3 Å². The van der Waals surface area contributed by atoms with Crippen LogP contribution in [0.3, 0.4) is 0 Å². The van der Waals surface area contributed by atoms with Crippen LogP contribution in [0.1, 0.15) is 36.5 Å². The highest BCUT2D eigenvalue weighted by atomic mass is 16.5. The highest BCUT2D eigenvalue weighted by molar-refractivity contribution is 5.99. The molecule has 0 aliphatic carbocycles. The van der Waals surface area contributed by atoms with Crippen LogP contribution in [-0.4, -0.2) is 97.4 Å². The topological polar surface area (TPSA) is 209 Å². The monoisotopic (exact) mass is 628 g/mol. The summed E-state index contributed by atoms with van der Waals surface area (Å²) in [6.07, 6.45) is 6.31. The van der Waals surface area contributed by atoms with Gasteiger partial charge in [-0.2, -0.15) is 10.1 Å². The number of ether oxygens (including phenoxy) is 1. The number of anilines is 3. The van der Waals surface area contributed by atoms with Crippen LogP contribution in [0.4, 0.5) is 17.8 Å². The molecule has 1 aliphatic heterocycles. The fraction of sp³-hybridized carbons (Fsp3) is 0.400. The predicted molar refractivity (Wildman–Crippen MR) is 171 cm³/mol. The second-order valence-corrected chi connectivity index (χ2v) is 10.8. The predicted octanol–water partition coefficient (Wildman–Crippen LogP) is 1.87. The van der Waals surface area contributed by atoms with Crippen LogP contribution in [0.25, 0.3) is 33.4 Å². The molecular formula is C30H36N12O4. The number of carbonyl (C=O) groups is 2. The molecule has 1 fully saturated rings. The molecule has 4 aromatic heterocycles. The lowest BCUT2D eigenvalue weighted by atomic mass is 10.1. The number of hydrogen-bond acceptors (Lipinski definition) is 13. The third-order valence-corrected chi connectivity index (χ3v) is 7.80. The van der Waals surface area contributed by atoms with Gasteiger partial charge in [-0.3, -0.25) is 9.59 Å².